The monoisotopic (exact) mass is 330 g/mol. The van der Waals surface area contributed by atoms with Gasteiger partial charge >= 0.3 is 5.97 Å². The van der Waals surface area contributed by atoms with Crippen LogP contribution in [0.2, 0.25) is 0 Å². The number of rotatable bonds is 4. The van der Waals surface area contributed by atoms with Crippen molar-refractivity contribution in [1.82, 2.24) is 10.3 Å². The fourth-order valence-corrected chi connectivity index (χ4v) is 2.47. The van der Waals surface area contributed by atoms with Crippen LogP contribution in [-0.2, 0) is 4.79 Å². The van der Waals surface area contributed by atoms with Gasteiger partial charge in [0, 0.05) is 17.1 Å². The molecule has 1 amide bonds. The third-order valence-electron chi connectivity index (χ3n) is 3.63. The van der Waals surface area contributed by atoms with Gasteiger partial charge in [-0.3, -0.25) is 4.79 Å². The molecule has 24 heavy (non-hydrogen) atoms. The van der Waals surface area contributed by atoms with E-state index in [1.807, 2.05) is 0 Å². The molecule has 1 atom stereocenters. The molecule has 0 aliphatic carbocycles. The lowest BCUT2D eigenvalue weighted by molar-refractivity contribution is -0.139. The maximum absolute atomic E-state index is 13.9. The summed E-state index contributed by atoms with van der Waals surface area (Å²) in [5.41, 5.74) is 0.628. The number of carbonyl (C=O) groups excluding carboxylic acids is 1. The molecule has 0 radical (unpaired) electrons. The summed E-state index contributed by atoms with van der Waals surface area (Å²) in [7, 11) is 0. The average molecular weight is 330 g/mol. The largest absolute Gasteiger partial charge is 0.479 e. The number of halogens is 2. The molecule has 0 aliphatic rings. The predicted octanol–water partition coefficient (Wildman–Crippen LogP) is 3.00. The Morgan fingerprint density at radius 2 is 1.79 bits per heavy atom. The SMILES string of the molecule is O=C(NC(C(=O)O)c1ccc(F)cc1)c1c[nH]c2cccc(F)c12. The molecule has 3 N–H and O–H groups in total. The van der Waals surface area contributed by atoms with Crippen molar-refractivity contribution in [2.75, 3.05) is 0 Å². The predicted molar refractivity (Wildman–Crippen MR) is 82.5 cm³/mol. The van der Waals surface area contributed by atoms with Gasteiger partial charge in [-0.2, -0.15) is 0 Å². The molecule has 1 heterocycles. The van der Waals surface area contributed by atoms with E-state index >= 15 is 0 Å². The number of carbonyl (C=O) groups is 2. The topological polar surface area (TPSA) is 82.2 Å². The number of amides is 1. The first-order valence-electron chi connectivity index (χ1n) is 7.02. The van der Waals surface area contributed by atoms with Gasteiger partial charge in [0.05, 0.1) is 5.56 Å². The van der Waals surface area contributed by atoms with Crippen LogP contribution in [0.25, 0.3) is 10.9 Å². The molecule has 5 nitrogen and oxygen atoms in total. The second kappa shape index (κ2) is 6.11. The summed E-state index contributed by atoms with van der Waals surface area (Å²) in [6.07, 6.45) is 1.31. The summed E-state index contributed by atoms with van der Waals surface area (Å²) in [6, 6.07) is 7.66. The molecule has 3 rings (SSSR count). The average Bonchev–Trinajstić information content (AvgIpc) is 2.99. The fraction of sp³-hybridized carbons (Fsp3) is 0.0588. The van der Waals surface area contributed by atoms with Gasteiger partial charge in [-0.25, -0.2) is 13.6 Å². The number of hydrogen-bond acceptors (Lipinski definition) is 2. The number of nitrogens with one attached hydrogen (secondary N) is 2. The van der Waals surface area contributed by atoms with Crippen LogP contribution >= 0.6 is 0 Å². The number of aromatic nitrogens is 1. The highest BCUT2D eigenvalue weighted by Crippen LogP contribution is 2.22. The van der Waals surface area contributed by atoms with E-state index in [-0.39, 0.29) is 16.5 Å². The number of hydrogen-bond donors (Lipinski definition) is 3. The van der Waals surface area contributed by atoms with E-state index in [4.69, 9.17) is 0 Å². The third-order valence-corrected chi connectivity index (χ3v) is 3.63. The Kier molecular flexibility index (Phi) is 3.99. The van der Waals surface area contributed by atoms with Crippen molar-refractivity contribution in [2.24, 2.45) is 0 Å². The van der Waals surface area contributed by atoms with Crippen LogP contribution in [0.4, 0.5) is 8.78 Å². The summed E-state index contributed by atoms with van der Waals surface area (Å²) < 4.78 is 26.9. The van der Waals surface area contributed by atoms with E-state index in [2.05, 4.69) is 10.3 Å². The molecule has 0 saturated heterocycles. The molecule has 0 spiro atoms. The molecule has 0 bridgehead atoms. The van der Waals surface area contributed by atoms with Crippen LogP contribution in [-0.4, -0.2) is 22.0 Å². The maximum Gasteiger partial charge on any atom is 0.330 e. The number of aliphatic carboxylic acids is 1. The summed E-state index contributed by atoms with van der Waals surface area (Å²) in [6.45, 7) is 0. The van der Waals surface area contributed by atoms with Crippen LogP contribution in [0.15, 0.2) is 48.7 Å². The van der Waals surface area contributed by atoms with E-state index in [0.29, 0.717) is 5.52 Å². The number of carboxylic acids is 1. The van der Waals surface area contributed by atoms with Crippen LogP contribution in [0.1, 0.15) is 22.0 Å². The summed E-state index contributed by atoms with van der Waals surface area (Å²) in [5.74, 6) is -3.17. The highest BCUT2D eigenvalue weighted by atomic mass is 19.1. The van der Waals surface area contributed by atoms with Gasteiger partial charge in [-0.05, 0) is 29.8 Å². The van der Waals surface area contributed by atoms with Crippen molar-refractivity contribution in [3.63, 3.8) is 0 Å². The van der Waals surface area contributed by atoms with Crippen molar-refractivity contribution >= 4 is 22.8 Å². The number of H-pyrrole nitrogens is 1. The van der Waals surface area contributed by atoms with Gasteiger partial charge in [0.2, 0.25) is 0 Å². The van der Waals surface area contributed by atoms with Crippen LogP contribution < -0.4 is 5.32 Å². The van der Waals surface area contributed by atoms with Crippen LogP contribution in [0, 0.1) is 11.6 Å². The standard InChI is InChI=1S/C17H12F2N2O3/c18-10-6-4-9(5-7-10)15(17(23)24)21-16(22)11-8-20-13-3-1-2-12(19)14(11)13/h1-8,15,20H,(H,21,22)(H,23,24). The minimum Gasteiger partial charge on any atom is -0.479 e. The molecule has 7 heteroatoms. The van der Waals surface area contributed by atoms with Gasteiger partial charge in [-0.15, -0.1) is 0 Å². The van der Waals surface area contributed by atoms with Crippen molar-refractivity contribution in [2.45, 2.75) is 6.04 Å². The fourth-order valence-electron chi connectivity index (χ4n) is 2.47. The number of benzene rings is 2. The molecular formula is C17H12F2N2O3. The molecule has 0 aliphatic heterocycles. The molecule has 0 fully saturated rings. The number of carboxylic acid groups (broad SMARTS) is 1. The van der Waals surface area contributed by atoms with Gasteiger partial charge in [-0.1, -0.05) is 18.2 Å². The zero-order valence-electron chi connectivity index (χ0n) is 12.2. The lowest BCUT2D eigenvalue weighted by Crippen LogP contribution is -2.33. The van der Waals surface area contributed by atoms with Crippen molar-refractivity contribution in [3.8, 4) is 0 Å². The Balaban J connectivity index is 1.93. The summed E-state index contributed by atoms with van der Waals surface area (Å²) >= 11 is 0. The molecule has 2 aromatic carbocycles. The molecule has 0 saturated carbocycles. The van der Waals surface area contributed by atoms with E-state index in [9.17, 15) is 23.5 Å². The van der Waals surface area contributed by atoms with E-state index in [1.165, 1.54) is 30.5 Å². The maximum atomic E-state index is 13.9. The highest BCUT2D eigenvalue weighted by molar-refractivity contribution is 6.07. The zero-order chi connectivity index (χ0) is 17.3. The number of aromatic amines is 1. The van der Waals surface area contributed by atoms with Crippen molar-refractivity contribution in [3.05, 3.63) is 71.4 Å². The Morgan fingerprint density at radius 3 is 2.46 bits per heavy atom. The van der Waals surface area contributed by atoms with E-state index in [1.54, 1.807) is 6.07 Å². The summed E-state index contributed by atoms with van der Waals surface area (Å²) in [4.78, 5) is 26.6. The minimum absolute atomic E-state index is 0.00328. The van der Waals surface area contributed by atoms with Gasteiger partial charge in [0.15, 0.2) is 6.04 Å². The second-order valence-electron chi connectivity index (χ2n) is 5.16. The van der Waals surface area contributed by atoms with E-state index < -0.39 is 29.6 Å². The Labute approximate surface area is 134 Å². The first-order chi connectivity index (χ1) is 11.5. The molecule has 1 aromatic heterocycles. The third kappa shape index (κ3) is 2.83. The van der Waals surface area contributed by atoms with Gasteiger partial charge < -0.3 is 15.4 Å². The van der Waals surface area contributed by atoms with Crippen molar-refractivity contribution in [1.29, 1.82) is 0 Å². The molecule has 1 unspecified atom stereocenters. The molecule has 122 valence electrons. The smallest absolute Gasteiger partial charge is 0.330 e. The molecule has 3 aromatic rings. The first kappa shape index (κ1) is 15.7. The second-order valence-corrected chi connectivity index (χ2v) is 5.16. The summed E-state index contributed by atoms with van der Waals surface area (Å²) in [5, 5.41) is 11.7. The lowest BCUT2D eigenvalue weighted by Gasteiger charge is -2.14. The Hall–Kier alpha value is -3.22. The lowest BCUT2D eigenvalue weighted by atomic mass is 10.1. The zero-order valence-corrected chi connectivity index (χ0v) is 12.2. The van der Waals surface area contributed by atoms with Crippen LogP contribution in [0.3, 0.4) is 0 Å². The van der Waals surface area contributed by atoms with Crippen LogP contribution in [0.5, 0.6) is 0 Å². The van der Waals surface area contributed by atoms with Gasteiger partial charge in [0.1, 0.15) is 11.6 Å². The Bertz CT molecular complexity index is 919. The Morgan fingerprint density at radius 1 is 1.08 bits per heavy atom. The quantitative estimate of drug-likeness (QED) is 0.688. The first-order valence-corrected chi connectivity index (χ1v) is 7.02. The van der Waals surface area contributed by atoms with Gasteiger partial charge in [0.25, 0.3) is 5.91 Å². The van der Waals surface area contributed by atoms with E-state index in [0.717, 1.165) is 12.1 Å². The minimum atomic E-state index is -1.38. The molecular weight excluding hydrogens is 318 g/mol. The normalized spacial score (nSPS) is 12.1. The van der Waals surface area contributed by atoms with Crippen molar-refractivity contribution < 1.29 is 23.5 Å². The number of fused-ring (bicyclic) bond motifs is 1. The highest BCUT2D eigenvalue weighted by Gasteiger charge is 2.24.